The SMILES string of the molecule is C=CCOCCNC(=O)c1ccc(N)c(Cl)c1. The lowest BCUT2D eigenvalue weighted by molar-refractivity contribution is 0.0929. The summed E-state index contributed by atoms with van der Waals surface area (Å²) >= 11 is 5.82. The van der Waals surface area contributed by atoms with Crippen molar-refractivity contribution in [2.75, 3.05) is 25.5 Å². The van der Waals surface area contributed by atoms with Crippen LogP contribution in [0.25, 0.3) is 0 Å². The molecule has 17 heavy (non-hydrogen) atoms. The average molecular weight is 255 g/mol. The van der Waals surface area contributed by atoms with Gasteiger partial charge >= 0.3 is 0 Å². The lowest BCUT2D eigenvalue weighted by Crippen LogP contribution is -2.27. The number of benzene rings is 1. The molecule has 0 saturated heterocycles. The monoisotopic (exact) mass is 254 g/mol. The molecule has 0 heterocycles. The Bertz CT molecular complexity index is 407. The highest BCUT2D eigenvalue weighted by molar-refractivity contribution is 6.33. The number of hydrogen-bond donors (Lipinski definition) is 2. The number of nitrogens with two attached hydrogens (primary N) is 1. The van der Waals surface area contributed by atoms with E-state index in [0.717, 1.165) is 0 Å². The van der Waals surface area contributed by atoms with Gasteiger partial charge in [-0.15, -0.1) is 6.58 Å². The normalized spacial score (nSPS) is 9.94. The zero-order chi connectivity index (χ0) is 12.7. The molecule has 0 fully saturated rings. The van der Waals surface area contributed by atoms with Crippen LogP contribution in [0.2, 0.25) is 5.02 Å². The van der Waals surface area contributed by atoms with Gasteiger partial charge in [0.2, 0.25) is 0 Å². The van der Waals surface area contributed by atoms with E-state index < -0.39 is 0 Å². The van der Waals surface area contributed by atoms with Crippen LogP contribution in [0, 0.1) is 0 Å². The molecule has 92 valence electrons. The molecule has 0 aliphatic heterocycles. The minimum Gasteiger partial charge on any atom is -0.398 e. The Morgan fingerprint density at radius 3 is 3.00 bits per heavy atom. The van der Waals surface area contributed by atoms with Gasteiger partial charge in [0.15, 0.2) is 0 Å². The summed E-state index contributed by atoms with van der Waals surface area (Å²) in [7, 11) is 0. The van der Waals surface area contributed by atoms with Crippen LogP contribution in [-0.4, -0.2) is 25.7 Å². The van der Waals surface area contributed by atoms with Crippen LogP contribution in [0.1, 0.15) is 10.4 Å². The lowest BCUT2D eigenvalue weighted by Gasteiger charge is -2.06. The topological polar surface area (TPSA) is 64.3 Å². The number of amides is 1. The predicted molar refractivity (Wildman–Crippen MR) is 69.2 cm³/mol. The second-order valence-electron chi connectivity index (χ2n) is 3.36. The molecule has 5 heteroatoms. The third-order valence-electron chi connectivity index (χ3n) is 2.03. The van der Waals surface area contributed by atoms with Crippen LogP contribution in [-0.2, 0) is 4.74 Å². The van der Waals surface area contributed by atoms with E-state index in [4.69, 9.17) is 22.1 Å². The Hall–Kier alpha value is -1.52. The largest absolute Gasteiger partial charge is 0.398 e. The zero-order valence-electron chi connectivity index (χ0n) is 9.41. The maximum atomic E-state index is 11.7. The predicted octanol–water partition coefficient (Wildman–Crippen LogP) is 1.85. The second kappa shape index (κ2) is 6.93. The summed E-state index contributed by atoms with van der Waals surface area (Å²) in [5, 5.41) is 3.08. The van der Waals surface area contributed by atoms with E-state index in [1.54, 1.807) is 18.2 Å². The fourth-order valence-corrected chi connectivity index (χ4v) is 1.35. The Kier molecular flexibility index (Phi) is 5.52. The van der Waals surface area contributed by atoms with E-state index in [0.29, 0.717) is 36.0 Å². The molecule has 0 unspecified atom stereocenters. The van der Waals surface area contributed by atoms with Gasteiger partial charge in [-0.05, 0) is 18.2 Å². The van der Waals surface area contributed by atoms with E-state index in [-0.39, 0.29) is 5.91 Å². The van der Waals surface area contributed by atoms with E-state index in [1.807, 2.05) is 0 Å². The lowest BCUT2D eigenvalue weighted by atomic mass is 10.2. The van der Waals surface area contributed by atoms with Crippen molar-refractivity contribution < 1.29 is 9.53 Å². The molecule has 0 atom stereocenters. The van der Waals surface area contributed by atoms with Gasteiger partial charge < -0.3 is 15.8 Å². The Morgan fingerprint density at radius 2 is 2.35 bits per heavy atom. The summed E-state index contributed by atoms with van der Waals surface area (Å²) in [6.07, 6.45) is 1.65. The summed E-state index contributed by atoms with van der Waals surface area (Å²) in [6.45, 7) is 4.88. The molecular formula is C12H15ClN2O2. The smallest absolute Gasteiger partial charge is 0.251 e. The average Bonchev–Trinajstić information content (AvgIpc) is 2.32. The molecular weight excluding hydrogens is 240 g/mol. The summed E-state index contributed by atoms with van der Waals surface area (Å²) in [4.78, 5) is 11.7. The highest BCUT2D eigenvalue weighted by atomic mass is 35.5. The number of carbonyl (C=O) groups is 1. The number of rotatable bonds is 6. The van der Waals surface area contributed by atoms with Crippen LogP contribution < -0.4 is 11.1 Å². The number of nitrogen functional groups attached to an aromatic ring is 1. The Labute approximate surface area is 105 Å². The fraction of sp³-hybridized carbons (Fsp3) is 0.250. The molecule has 0 aliphatic rings. The third-order valence-corrected chi connectivity index (χ3v) is 2.36. The molecule has 1 aromatic carbocycles. The summed E-state index contributed by atoms with van der Waals surface area (Å²) in [6, 6.07) is 4.77. The number of nitrogens with one attached hydrogen (secondary N) is 1. The van der Waals surface area contributed by atoms with Crippen molar-refractivity contribution in [3.8, 4) is 0 Å². The van der Waals surface area contributed by atoms with Crippen LogP contribution in [0.3, 0.4) is 0 Å². The van der Waals surface area contributed by atoms with Crippen LogP contribution >= 0.6 is 11.6 Å². The van der Waals surface area contributed by atoms with E-state index in [2.05, 4.69) is 11.9 Å². The minimum absolute atomic E-state index is 0.200. The molecule has 3 N–H and O–H groups in total. The van der Waals surface area contributed by atoms with E-state index in [1.165, 1.54) is 6.07 Å². The van der Waals surface area contributed by atoms with Crippen LogP contribution in [0.15, 0.2) is 30.9 Å². The zero-order valence-corrected chi connectivity index (χ0v) is 10.2. The second-order valence-corrected chi connectivity index (χ2v) is 3.76. The fourth-order valence-electron chi connectivity index (χ4n) is 1.17. The van der Waals surface area contributed by atoms with Gasteiger partial charge in [0.25, 0.3) is 5.91 Å². The number of ether oxygens (including phenoxy) is 1. The molecule has 0 radical (unpaired) electrons. The number of halogens is 1. The molecule has 0 bridgehead atoms. The number of anilines is 1. The highest BCUT2D eigenvalue weighted by Gasteiger charge is 2.06. The minimum atomic E-state index is -0.200. The van der Waals surface area contributed by atoms with Crippen molar-refractivity contribution in [1.29, 1.82) is 0 Å². The first-order chi connectivity index (χ1) is 8.15. The first-order valence-corrected chi connectivity index (χ1v) is 5.55. The van der Waals surface area contributed by atoms with Gasteiger partial charge in [-0.1, -0.05) is 17.7 Å². The van der Waals surface area contributed by atoms with Crippen LogP contribution in [0.4, 0.5) is 5.69 Å². The van der Waals surface area contributed by atoms with Gasteiger partial charge in [-0.2, -0.15) is 0 Å². The molecule has 0 aliphatic carbocycles. The number of hydrogen-bond acceptors (Lipinski definition) is 3. The van der Waals surface area contributed by atoms with E-state index in [9.17, 15) is 4.79 Å². The maximum absolute atomic E-state index is 11.7. The van der Waals surface area contributed by atoms with Gasteiger partial charge in [-0.25, -0.2) is 0 Å². The molecule has 4 nitrogen and oxygen atoms in total. The van der Waals surface area contributed by atoms with Crippen molar-refractivity contribution >= 4 is 23.2 Å². The summed E-state index contributed by atoms with van der Waals surface area (Å²) in [5.41, 5.74) is 6.49. The van der Waals surface area contributed by atoms with Crippen molar-refractivity contribution in [3.63, 3.8) is 0 Å². The first kappa shape index (κ1) is 13.5. The molecule has 1 rings (SSSR count). The number of carbonyl (C=O) groups excluding carboxylic acids is 1. The van der Waals surface area contributed by atoms with Gasteiger partial charge in [0.1, 0.15) is 0 Å². The molecule has 1 amide bonds. The Morgan fingerprint density at radius 1 is 1.59 bits per heavy atom. The standard InChI is InChI=1S/C12H15ClN2O2/c1-2-6-17-7-5-15-12(16)9-3-4-11(14)10(13)8-9/h2-4,8H,1,5-7,14H2,(H,15,16). The van der Waals surface area contributed by atoms with Crippen molar-refractivity contribution in [2.45, 2.75) is 0 Å². The first-order valence-electron chi connectivity index (χ1n) is 5.17. The quantitative estimate of drug-likeness (QED) is 0.463. The van der Waals surface area contributed by atoms with Gasteiger partial charge in [0, 0.05) is 12.1 Å². The molecule has 0 aromatic heterocycles. The molecule has 1 aromatic rings. The third kappa shape index (κ3) is 4.46. The highest BCUT2D eigenvalue weighted by Crippen LogP contribution is 2.19. The maximum Gasteiger partial charge on any atom is 0.251 e. The Balaban J connectivity index is 2.41. The van der Waals surface area contributed by atoms with Crippen molar-refractivity contribution in [1.82, 2.24) is 5.32 Å². The van der Waals surface area contributed by atoms with E-state index >= 15 is 0 Å². The molecule has 0 spiro atoms. The van der Waals surface area contributed by atoms with Gasteiger partial charge in [0.05, 0.1) is 23.9 Å². The van der Waals surface area contributed by atoms with Crippen molar-refractivity contribution in [3.05, 3.63) is 41.4 Å². The van der Waals surface area contributed by atoms with Gasteiger partial charge in [-0.3, -0.25) is 4.79 Å². The summed E-state index contributed by atoms with van der Waals surface area (Å²) in [5.74, 6) is -0.200. The van der Waals surface area contributed by atoms with Crippen LogP contribution in [0.5, 0.6) is 0 Å². The summed E-state index contributed by atoms with van der Waals surface area (Å²) < 4.78 is 5.13. The molecule has 0 saturated carbocycles. The van der Waals surface area contributed by atoms with Crippen molar-refractivity contribution in [2.24, 2.45) is 0 Å².